The van der Waals surface area contributed by atoms with E-state index >= 15 is 0 Å². The van der Waals surface area contributed by atoms with E-state index in [2.05, 4.69) is 13.8 Å². The van der Waals surface area contributed by atoms with Crippen LogP contribution in [0.25, 0.3) is 0 Å². The standard InChI is InChI=1S/C13H22O4/c1-5-12(6-2)8-13(9-12,11(15)17-4)10(14)7-16-3/h5-9H2,1-4H3. The Labute approximate surface area is 103 Å². The van der Waals surface area contributed by atoms with Crippen LogP contribution in [0.4, 0.5) is 0 Å². The first kappa shape index (κ1) is 14.2. The van der Waals surface area contributed by atoms with E-state index in [9.17, 15) is 9.59 Å². The summed E-state index contributed by atoms with van der Waals surface area (Å²) in [5.74, 6) is -0.554. The van der Waals surface area contributed by atoms with Gasteiger partial charge in [0, 0.05) is 7.11 Å². The SMILES string of the molecule is CCC1(CC)CC(C(=O)COC)(C(=O)OC)C1. The van der Waals surface area contributed by atoms with Crippen molar-refractivity contribution < 1.29 is 19.1 Å². The average molecular weight is 242 g/mol. The Morgan fingerprint density at radius 3 is 2.00 bits per heavy atom. The predicted octanol–water partition coefficient (Wildman–Crippen LogP) is 1.96. The molecule has 1 aliphatic carbocycles. The molecule has 0 radical (unpaired) electrons. The highest BCUT2D eigenvalue weighted by atomic mass is 16.5. The average Bonchev–Trinajstić information content (AvgIpc) is 2.29. The van der Waals surface area contributed by atoms with Crippen LogP contribution in [0.3, 0.4) is 0 Å². The third-order valence-corrected chi connectivity index (χ3v) is 4.24. The Morgan fingerprint density at radius 1 is 1.12 bits per heavy atom. The monoisotopic (exact) mass is 242 g/mol. The summed E-state index contributed by atoms with van der Waals surface area (Å²) in [6.45, 7) is 4.19. The van der Waals surface area contributed by atoms with E-state index in [0.717, 1.165) is 12.8 Å². The number of methoxy groups -OCH3 is 2. The highest BCUT2D eigenvalue weighted by Gasteiger charge is 2.61. The van der Waals surface area contributed by atoms with Crippen LogP contribution in [0.15, 0.2) is 0 Å². The number of Topliss-reactive ketones (excluding diaryl/α,β-unsaturated/α-hetero) is 1. The van der Waals surface area contributed by atoms with E-state index in [0.29, 0.717) is 12.8 Å². The van der Waals surface area contributed by atoms with E-state index < -0.39 is 11.4 Å². The van der Waals surface area contributed by atoms with Gasteiger partial charge in [-0.3, -0.25) is 9.59 Å². The van der Waals surface area contributed by atoms with Crippen LogP contribution in [0.1, 0.15) is 39.5 Å². The fourth-order valence-corrected chi connectivity index (χ4v) is 2.90. The number of ketones is 1. The molecule has 0 aromatic carbocycles. The molecule has 1 aliphatic rings. The van der Waals surface area contributed by atoms with Crippen molar-refractivity contribution in [2.45, 2.75) is 39.5 Å². The summed E-state index contributed by atoms with van der Waals surface area (Å²) >= 11 is 0. The third kappa shape index (κ3) is 2.23. The van der Waals surface area contributed by atoms with Crippen LogP contribution in [0.2, 0.25) is 0 Å². The minimum absolute atomic E-state index is 0.0153. The maximum Gasteiger partial charge on any atom is 0.319 e. The van der Waals surface area contributed by atoms with Crippen LogP contribution in [-0.2, 0) is 19.1 Å². The second-order valence-electron chi connectivity index (χ2n) is 4.99. The van der Waals surface area contributed by atoms with Gasteiger partial charge in [0.15, 0.2) is 5.78 Å². The van der Waals surface area contributed by atoms with Gasteiger partial charge in [-0.05, 0) is 18.3 Å². The van der Waals surface area contributed by atoms with Gasteiger partial charge in [0.2, 0.25) is 0 Å². The molecule has 4 nitrogen and oxygen atoms in total. The van der Waals surface area contributed by atoms with Crippen LogP contribution >= 0.6 is 0 Å². The first-order valence-corrected chi connectivity index (χ1v) is 6.11. The summed E-state index contributed by atoms with van der Waals surface area (Å²) in [4.78, 5) is 23.9. The Balaban J connectivity index is 2.87. The molecule has 17 heavy (non-hydrogen) atoms. The third-order valence-electron chi connectivity index (χ3n) is 4.24. The molecule has 1 saturated carbocycles. The molecule has 0 bridgehead atoms. The Kier molecular flexibility index (Phi) is 4.31. The second-order valence-corrected chi connectivity index (χ2v) is 4.99. The summed E-state index contributed by atoms with van der Waals surface area (Å²) < 4.78 is 9.65. The van der Waals surface area contributed by atoms with E-state index in [1.807, 2.05) is 0 Å². The lowest BCUT2D eigenvalue weighted by atomic mass is 9.49. The topological polar surface area (TPSA) is 52.6 Å². The molecule has 0 amide bonds. The number of ether oxygens (including phenoxy) is 2. The summed E-state index contributed by atoms with van der Waals surface area (Å²) in [6, 6.07) is 0. The molecule has 0 heterocycles. The van der Waals surface area contributed by atoms with Crippen molar-refractivity contribution in [1.29, 1.82) is 0 Å². The van der Waals surface area contributed by atoms with E-state index in [1.165, 1.54) is 14.2 Å². The molecule has 0 aliphatic heterocycles. The van der Waals surface area contributed by atoms with E-state index in [1.54, 1.807) is 0 Å². The first-order chi connectivity index (χ1) is 8.00. The molecule has 0 saturated heterocycles. The molecule has 0 atom stereocenters. The van der Waals surface area contributed by atoms with E-state index in [-0.39, 0.29) is 17.8 Å². The first-order valence-electron chi connectivity index (χ1n) is 6.11. The highest BCUT2D eigenvalue weighted by molar-refractivity contribution is 6.05. The number of hydrogen-bond donors (Lipinski definition) is 0. The fourth-order valence-electron chi connectivity index (χ4n) is 2.90. The van der Waals surface area contributed by atoms with Crippen molar-refractivity contribution in [3.8, 4) is 0 Å². The molecule has 0 aromatic rings. The number of esters is 1. The zero-order valence-corrected chi connectivity index (χ0v) is 11.2. The van der Waals surface area contributed by atoms with Crippen molar-refractivity contribution in [2.24, 2.45) is 10.8 Å². The second kappa shape index (κ2) is 5.17. The zero-order valence-electron chi connectivity index (χ0n) is 11.2. The quantitative estimate of drug-likeness (QED) is 0.528. The number of carbonyl (C=O) groups is 2. The summed E-state index contributed by atoms with van der Waals surface area (Å²) in [5, 5.41) is 0. The fraction of sp³-hybridized carbons (Fsp3) is 0.846. The van der Waals surface area contributed by atoms with Gasteiger partial charge in [0.25, 0.3) is 0 Å². The molecule has 4 heteroatoms. The molecule has 1 rings (SSSR count). The minimum atomic E-state index is -0.948. The molecule has 98 valence electrons. The number of hydrogen-bond acceptors (Lipinski definition) is 4. The smallest absolute Gasteiger partial charge is 0.319 e. The Hall–Kier alpha value is -0.900. The van der Waals surface area contributed by atoms with Crippen molar-refractivity contribution >= 4 is 11.8 Å². The molecule has 0 spiro atoms. The molecular weight excluding hydrogens is 220 g/mol. The van der Waals surface area contributed by atoms with Gasteiger partial charge in [-0.15, -0.1) is 0 Å². The summed E-state index contributed by atoms with van der Waals surface area (Å²) in [6.07, 6.45) is 3.18. The van der Waals surface area contributed by atoms with Gasteiger partial charge in [-0.25, -0.2) is 0 Å². The number of carbonyl (C=O) groups excluding carboxylic acids is 2. The van der Waals surface area contributed by atoms with Gasteiger partial charge in [-0.1, -0.05) is 26.7 Å². The Morgan fingerprint density at radius 2 is 1.65 bits per heavy atom. The molecule has 0 unspecified atom stereocenters. The zero-order chi connectivity index (χ0) is 13.1. The molecule has 0 N–H and O–H groups in total. The van der Waals surface area contributed by atoms with Crippen LogP contribution < -0.4 is 0 Å². The lowest BCUT2D eigenvalue weighted by Crippen LogP contribution is -2.57. The van der Waals surface area contributed by atoms with Gasteiger partial charge in [-0.2, -0.15) is 0 Å². The van der Waals surface area contributed by atoms with Crippen LogP contribution in [0.5, 0.6) is 0 Å². The summed E-state index contributed by atoms with van der Waals surface area (Å²) in [5.41, 5.74) is -0.825. The maximum atomic E-state index is 12.0. The number of rotatable bonds is 6. The largest absolute Gasteiger partial charge is 0.468 e. The van der Waals surface area contributed by atoms with E-state index in [4.69, 9.17) is 9.47 Å². The summed E-state index contributed by atoms with van der Waals surface area (Å²) in [7, 11) is 2.80. The predicted molar refractivity (Wildman–Crippen MR) is 63.6 cm³/mol. The van der Waals surface area contributed by atoms with Crippen LogP contribution in [0, 0.1) is 10.8 Å². The highest BCUT2D eigenvalue weighted by Crippen LogP contribution is 2.59. The molecule has 1 fully saturated rings. The van der Waals surface area contributed by atoms with Crippen LogP contribution in [-0.4, -0.2) is 32.6 Å². The Bertz CT molecular complexity index is 297. The minimum Gasteiger partial charge on any atom is -0.468 e. The van der Waals surface area contributed by atoms with Gasteiger partial charge in [0.05, 0.1) is 7.11 Å². The molecule has 0 aromatic heterocycles. The lowest BCUT2D eigenvalue weighted by Gasteiger charge is -2.53. The molecular formula is C13H22O4. The van der Waals surface area contributed by atoms with Crippen molar-refractivity contribution in [3.63, 3.8) is 0 Å². The van der Waals surface area contributed by atoms with Gasteiger partial charge in [0.1, 0.15) is 12.0 Å². The van der Waals surface area contributed by atoms with Gasteiger partial charge >= 0.3 is 5.97 Å². The van der Waals surface area contributed by atoms with Gasteiger partial charge < -0.3 is 9.47 Å². The van der Waals surface area contributed by atoms with Crippen molar-refractivity contribution in [2.75, 3.05) is 20.8 Å². The normalized spacial score (nSPS) is 20.5. The van der Waals surface area contributed by atoms with Crippen molar-refractivity contribution in [3.05, 3.63) is 0 Å². The maximum absolute atomic E-state index is 12.0. The lowest BCUT2D eigenvalue weighted by molar-refractivity contribution is -0.178. The van der Waals surface area contributed by atoms with Crippen molar-refractivity contribution in [1.82, 2.24) is 0 Å².